The minimum Gasteiger partial charge on any atom is -0.356 e. The predicted octanol–water partition coefficient (Wildman–Crippen LogP) is 4.30. The predicted molar refractivity (Wildman–Crippen MR) is 105 cm³/mol. The largest absolute Gasteiger partial charge is 0.356 e. The highest BCUT2D eigenvalue weighted by molar-refractivity contribution is 5.57. The molecule has 3 aromatic rings. The standard InChI is InChI=1S/C22H26N4O/c1-15-5-7-16(8-6-15)20-11-18(25-27-20)14-26-10-9-19-17(13-26)12-23-21(24-19)22(2,3)4/h5-8,11-12H,9-10,13-14H2,1-4H3. The van der Waals surface area contributed by atoms with Crippen LogP contribution in [0.15, 0.2) is 41.1 Å². The van der Waals surface area contributed by atoms with E-state index in [0.717, 1.165) is 48.9 Å². The van der Waals surface area contributed by atoms with Crippen molar-refractivity contribution in [1.29, 1.82) is 0 Å². The van der Waals surface area contributed by atoms with E-state index in [1.165, 1.54) is 16.8 Å². The molecular formula is C22H26N4O. The lowest BCUT2D eigenvalue weighted by molar-refractivity contribution is 0.234. The maximum atomic E-state index is 5.55. The van der Waals surface area contributed by atoms with E-state index in [0.29, 0.717) is 0 Å². The summed E-state index contributed by atoms with van der Waals surface area (Å²) in [5.41, 5.74) is 5.65. The first-order valence-electron chi connectivity index (χ1n) is 9.49. The second-order valence-corrected chi connectivity index (χ2v) is 8.42. The average Bonchev–Trinajstić information content (AvgIpc) is 3.09. The lowest BCUT2D eigenvalue weighted by Gasteiger charge is -2.28. The number of rotatable bonds is 3. The lowest BCUT2D eigenvalue weighted by atomic mass is 9.95. The quantitative estimate of drug-likeness (QED) is 0.695. The Kier molecular flexibility index (Phi) is 4.56. The zero-order valence-corrected chi connectivity index (χ0v) is 16.5. The summed E-state index contributed by atoms with van der Waals surface area (Å²) in [5.74, 6) is 1.74. The fourth-order valence-electron chi connectivity index (χ4n) is 3.34. The first-order chi connectivity index (χ1) is 12.9. The Bertz CT molecular complexity index is 938. The molecule has 0 bridgehead atoms. The molecule has 0 saturated carbocycles. The zero-order valence-electron chi connectivity index (χ0n) is 16.5. The summed E-state index contributed by atoms with van der Waals surface area (Å²) in [6.07, 6.45) is 2.94. The van der Waals surface area contributed by atoms with Crippen LogP contribution in [0.2, 0.25) is 0 Å². The monoisotopic (exact) mass is 362 g/mol. The van der Waals surface area contributed by atoms with E-state index in [9.17, 15) is 0 Å². The molecular weight excluding hydrogens is 336 g/mol. The highest BCUT2D eigenvalue weighted by Gasteiger charge is 2.23. The summed E-state index contributed by atoms with van der Waals surface area (Å²) in [5, 5.41) is 4.26. The molecule has 0 spiro atoms. The molecule has 27 heavy (non-hydrogen) atoms. The van der Waals surface area contributed by atoms with Crippen molar-refractivity contribution >= 4 is 0 Å². The van der Waals surface area contributed by atoms with Crippen molar-refractivity contribution in [3.63, 3.8) is 0 Å². The van der Waals surface area contributed by atoms with Crippen molar-refractivity contribution in [2.45, 2.75) is 52.6 Å². The summed E-state index contributed by atoms with van der Waals surface area (Å²) in [6.45, 7) is 11.1. The molecule has 0 aliphatic carbocycles. The van der Waals surface area contributed by atoms with Gasteiger partial charge in [0.2, 0.25) is 0 Å². The van der Waals surface area contributed by atoms with E-state index in [-0.39, 0.29) is 5.41 Å². The van der Waals surface area contributed by atoms with Crippen LogP contribution in [0.1, 0.15) is 49.1 Å². The number of nitrogens with zero attached hydrogens (tertiary/aromatic N) is 4. The number of aromatic nitrogens is 3. The fourth-order valence-corrected chi connectivity index (χ4v) is 3.34. The molecule has 1 aliphatic heterocycles. The lowest BCUT2D eigenvalue weighted by Crippen LogP contribution is -2.32. The normalized spacial score (nSPS) is 15.0. The van der Waals surface area contributed by atoms with Crippen molar-refractivity contribution in [1.82, 2.24) is 20.0 Å². The topological polar surface area (TPSA) is 55.1 Å². The molecule has 2 aromatic heterocycles. The Morgan fingerprint density at radius 2 is 1.93 bits per heavy atom. The molecule has 140 valence electrons. The third-order valence-electron chi connectivity index (χ3n) is 4.96. The van der Waals surface area contributed by atoms with E-state index in [4.69, 9.17) is 9.51 Å². The van der Waals surface area contributed by atoms with Gasteiger partial charge in [-0.3, -0.25) is 4.90 Å². The Labute approximate surface area is 160 Å². The second kappa shape index (κ2) is 6.89. The Morgan fingerprint density at radius 1 is 1.15 bits per heavy atom. The van der Waals surface area contributed by atoms with Gasteiger partial charge in [0, 0.05) is 60.6 Å². The molecule has 0 unspecified atom stereocenters. The summed E-state index contributed by atoms with van der Waals surface area (Å²) in [7, 11) is 0. The number of aryl methyl sites for hydroxylation is 1. The SMILES string of the molecule is Cc1ccc(-c2cc(CN3CCc4nc(C(C)(C)C)ncc4C3)no2)cc1. The number of hydrogen-bond acceptors (Lipinski definition) is 5. The van der Waals surface area contributed by atoms with Crippen LogP contribution >= 0.6 is 0 Å². The number of hydrogen-bond donors (Lipinski definition) is 0. The van der Waals surface area contributed by atoms with Crippen LogP contribution in [0.25, 0.3) is 11.3 Å². The molecule has 1 aromatic carbocycles. The van der Waals surface area contributed by atoms with Crippen molar-refractivity contribution in [3.05, 3.63) is 64.9 Å². The van der Waals surface area contributed by atoms with E-state index in [2.05, 4.69) is 67.0 Å². The molecule has 0 amide bonds. The van der Waals surface area contributed by atoms with E-state index in [1.54, 1.807) is 0 Å². The molecule has 1 aliphatic rings. The third kappa shape index (κ3) is 3.93. The van der Waals surface area contributed by atoms with Gasteiger partial charge in [0.1, 0.15) is 5.82 Å². The van der Waals surface area contributed by atoms with Crippen LogP contribution in [-0.4, -0.2) is 26.6 Å². The van der Waals surface area contributed by atoms with Gasteiger partial charge < -0.3 is 4.52 Å². The molecule has 0 N–H and O–H groups in total. The highest BCUT2D eigenvalue weighted by Crippen LogP contribution is 2.25. The van der Waals surface area contributed by atoms with Crippen molar-refractivity contribution in [3.8, 4) is 11.3 Å². The van der Waals surface area contributed by atoms with Gasteiger partial charge in [-0.05, 0) is 6.92 Å². The van der Waals surface area contributed by atoms with Crippen molar-refractivity contribution < 1.29 is 4.52 Å². The molecule has 3 heterocycles. The second-order valence-electron chi connectivity index (χ2n) is 8.42. The molecule has 0 fully saturated rings. The van der Waals surface area contributed by atoms with Crippen LogP contribution in [0.5, 0.6) is 0 Å². The third-order valence-corrected chi connectivity index (χ3v) is 4.96. The molecule has 5 heteroatoms. The van der Waals surface area contributed by atoms with E-state index < -0.39 is 0 Å². The fraction of sp³-hybridized carbons (Fsp3) is 0.409. The van der Waals surface area contributed by atoms with Gasteiger partial charge >= 0.3 is 0 Å². The average molecular weight is 362 g/mol. The van der Waals surface area contributed by atoms with Gasteiger partial charge in [0.25, 0.3) is 0 Å². The minimum absolute atomic E-state index is 0.0146. The summed E-state index contributed by atoms with van der Waals surface area (Å²) in [6, 6.07) is 10.4. The maximum absolute atomic E-state index is 5.55. The number of fused-ring (bicyclic) bond motifs is 1. The summed E-state index contributed by atoms with van der Waals surface area (Å²) < 4.78 is 5.55. The van der Waals surface area contributed by atoms with Gasteiger partial charge in [0.15, 0.2) is 5.76 Å². The molecule has 4 rings (SSSR count). The van der Waals surface area contributed by atoms with E-state index in [1.807, 2.05) is 12.3 Å². The Hall–Kier alpha value is -2.53. The van der Waals surface area contributed by atoms with Crippen molar-refractivity contribution in [2.24, 2.45) is 0 Å². The van der Waals surface area contributed by atoms with Crippen LogP contribution in [0.3, 0.4) is 0 Å². The van der Waals surface area contributed by atoms with Gasteiger partial charge in [-0.15, -0.1) is 0 Å². The van der Waals surface area contributed by atoms with Crippen molar-refractivity contribution in [2.75, 3.05) is 6.54 Å². The van der Waals surface area contributed by atoms with Crippen LogP contribution in [0, 0.1) is 6.92 Å². The smallest absolute Gasteiger partial charge is 0.167 e. The first-order valence-corrected chi connectivity index (χ1v) is 9.49. The van der Waals surface area contributed by atoms with Crippen LogP contribution in [0.4, 0.5) is 0 Å². The minimum atomic E-state index is -0.0146. The molecule has 5 nitrogen and oxygen atoms in total. The molecule has 0 saturated heterocycles. The van der Waals surface area contributed by atoms with Gasteiger partial charge in [-0.1, -0.05) is 55.8 Å². The maximum Gasteiger partial charge on any atom is 0.167 e. The van der Waals surface area contributed by atoms with Gasteiger partial charge in [0.05, 0.1) is 5.69 Å². The van der Waals surface area contributed by atoms with Crippen LogP contribution < -0.4 is 0 Å². The summed E-state index contributed by atoms with van der Waals surface area (Å²) in [4.78, 5) is 11.8. The zero-order chi connectivity index (χ0) is 19.0. The molecule has 0 radical (unpaired) electrons. The van der Waals surface area contributed by atoms with Gasteiger partial charge in [-0.25, -0.2) is 9.97 Å². The first kappa shape index (κ1) is 17.9. The van der Waals surface area contributed by atoms with Crippen LogP contribution in [-0.2, 0) is 24.9 Å². The Morgan fingerprint density at radius 3 is 2.67 bits per heavy atom. The highest BCUT2D eigenvalue weighted by atomic mass is 16.5. The van der Waals surface area contributed by atoms with Gasteiger partial charge in [-0.2, -0.15) is 0 Å². The van der Waals surface area contributed by atoms with E-state index >= 15 is 0 Å². The molecule has 0 atom stereocenters. The number of benzene rings is 1. The Balaban J connectivity index is 1.45. The summed E-state index contributed by atoms with van der Waals surface area (Å²) >= 11 is 0.